The lowest BCUT2D eigenvalue weighted by Gasteiger charge is -2.12. The molecular formula is C13H13N5O2. The van der Waals surface area contributed by atoms with Crippen LogP contribution in [0.15, 0.2) is 24.3 Å². The smallest absolute Gasteiger partial charge is 0.225 e. The number of anilines is 3. The van der Waals surface area contributed by atoms with Crippen molar-refractivity contribution in [1.29, 1.82) is 5.26 Å². The highest BCUT2D eigenvalue weighted by Crippen LogP contribution is 2.31. The molecule has 1 heterocycles. The van der Waals surface area contributed by atoms with Crippen molar-refractivity contribution < 1.29 is 9.47 Å². The van der Waals surface area contributed by atoms with Crippen molar-refractivity contribution >= 4 is 17.5 Å². The fourth-order valence-electron chi connectivity index (χ4n) is 1.66. The zero-order valence-corrected chi connectivity index (χ0v) is 11.0. The Bertz CT molecular complexity index is 666. The van der Waals surface area contributed by atoms with Gasteiger partial charge in [0.05, 0.1) is 19.8 Å². The van der Waals surface area contributed by atoms with E-state index >= 15 is 0 Å². The van der Waals surface area contributed by atoms with E-state index in [4.69, 9.17) is 20.5 Å². The van der Waals surface area contributed by atoms with Crippen molar-refractivity contribution in [2.24, 2.45) is 0 Å². The predicted molar refractivity (Wildman–Crippen MR) is 74.0 cm³/mol. The normalized spacial score (nSPS) is 9.65. The number of nitriles is 1. The average molecular weight is 271 g/mol. The molecule has 0 saturated heterocycles. The maximum atomic E-state index is 9.14. The summed E-state index contributed by atoms with van der Waals surface area (Å²) in [4.78, 5) is 7.93. The molecule has 20 heavy (non-hydrogen) atoms. The van der Waals surface area contributed by atoms with Crippen molar-refractivity contribution in [3.63, 3.8) is 0 Å². The van der Waals surface area contributed by atoms with E-state index in [1.165, 1.54) is 14.2 Å². The lowest BCUT2D eigenvalue weighted by Crippen LogP contribution is -2.03. The fourth-order valence-corrected chi connectivity index (χ4v) is 1.66. The Balaban J connectivity index is 2.44. The molecule has 0 bridgehead atoms. The first-order chi connectivity index (χ1) is 9.67. The van der Waals surface area contributed by atoms with Crippen LogP contribution in [0.3, 0.4) is 0 Å². The molecule has 1 aromatic carbocycles. The summed E-state index contributed by atoms with van der Waals surface area (Å²) in [6.45, 7) is 0. The van der Waals surface area contributed by atoms with Crippen molar-refractivity contribution in [3.05, 3.63) is 29.8 Å². The largest absolute Gasteiger partial charge is 0.495 e. The van der Waals surface area contributed by atoms with Gasteiger partial charge in [-0.05, 0) is 12.1 Å². The third kappa shape index (κ3) is 2.70. The topological polar surface area (TPSA) is 106 Å². The van der Waals surface area contributed by atoms with Gasteiger partial charge >= 0.3 is 0 Å². The van der Waals surface area contributed by atoms with Crippen LogP contribution >= 0.6 is 0 Å². The number of nitrogens with two attached hydrogens (primary N) is 1. The van der Waals surface area contributed by atoms with Crippen LogP contribution in [0.4, 0.5) is 17.5 Å². The summed E-state index contributed by atoms with van der Waals surface area (Å²) < 4.78 is 10.2. The minimum atomic E-state index is 0.0697. The first-order valence-corrected chi connectivity index (χ1v) is 5.70. The van der Waals surface area contributed by atoms with Gasteiger partial charge in [0.25, 0.3) is 0 Å². The van der Waals surface area contributed by atoms with E-state index in [9.17, 15) is 0 Å². The van der Waals surface area contributed by atoms with Gasteiger partial charge in [-0.3, -0.25) is 0 Å². The molecule has 0 spiro atoms. The lowest BCUT2D eigenvalue weighted by atomic mass is 10.2. The number of aromatic nitrogens is 2. The molecule has 0 amide bonds. The molecule has 2 aromatic rings. The first kappa shape index (κ1) is 13.4. The van der Waals surface area contributed by atoms with E-state index in [-0.39, 0.29) is 5.95 Å². The molecule has 0 aliphatic carbocycles. The van der Waals surface area contributed by atoms with Crippen molar-refractivity contribution in [2.75, 3.05) is 25.3 Å². The molecule has 7 nitrogen and oxygen atoms in total. The van der Waals surface area contributed by atoms with Gasteiger partial charge in [-0.15, -0.1) is 0 Å². The minimum absolute atomic E-state index is 0.0697. The number of para-hydroxylation sites is 1. The average Bonchev–Trinajstić information content (AvgIpc) is 2.46. The summed E-state index contributed by atoms with van der Waals surface area (Å²) in [7, 11) is 3.01. The summed E-state index contributed by atoms with van der Waals surface area (Å²) in [6, 6.07) is 8.81. The molecule has 1 aromatic heterocycles. The molecule has 7 heteroatoms. The quantitative estimate of drug-likeness (QED) is 0.871. The number of rotatable bonds is 4. The second-order valence-corrected chi connectivity index (χ2v) is 3.77. The van der Waals surface area contributed by atoms with Crippen LogP contribution in [0.2, 0.25) is 0 Å². The van der Waals surface area contributed by atoms with Crippen LogP contribution in [-0.4, -0.2) is 24.2 Å². The number of hydrogen-bond acceptors (Lipinski definition) is 7. The highest BCUT2D eigenvalue weighted by Gasteiger charge is 2.11. The van der Waals surface area contributed by atoms with Crippen LogP contribution in [0.1, 0.15) is 5.56 Å². The Labute approximate surface area is 116 Å². The van der Waals surface area contributed by atoms with Crippen molar-refractivity contribution in [1.82, 2.24) is 9.97 Å². The second-order valence-electron chi connectivity index (χ2n) is 3.77. The Morgan fingerprint density at radius 1 is 1.25 bits per heavy atom. The fraction of sp³-hybridized carbons (Fsp3) is 0.154. The van der Waals surface area contributed by atoms with Crippen molar-refractivity contribution in [2.45, 2.75) is 0 Å². The predicted octanol–water partition coefficient (Wildman–Crippen LogP) is 1.69. The molecule has 102 valence electrons. The van der Waals surface area contributed by atoms with E-state index in [1.807, 2.05) is 0 Å². The standard InChI is InChI=1S/C13H13N5O2/c1-19-9-5-3-4-8(7-14)12(9)16-10-6-11(20-2)18-13(15)17-10/h3-6H,1-2H3,(H3,15,16,17,18). The number of nitrogens with one attached hydrogen (secondary N) is 1. The summed E-state index contributed by atoms with van der Waals surface area (Å²) >= 11 is 0. The van der Waals surface area contributed by atoms with Gasteiger partial charge in [-0.2, -0.15) is 15.2 Å². The summed E-state index contributed by atoms with van der Waals surface area (Å²) in [5.74, 6) is 1.34. The highest BCUT2D eigenvalue weighted by atomic mass is 16.5. The van der Waals surface area contributed by atoms with Gasteiger partial charge in [0.2, 0.25) is 11.8 Å². The third-order valence-corrected chi connectivity index (χ3v) is 2.55. The Hall–Kier alpha value is -3.01. The monoisotopic (exact) mass is 271 g/mol. The molecule has 0 saturated carbocycles. The number of ether oxygens (including phenoxy) is 2. The SMILES string of the molecule is COc1cc(Nc2c(C#N)cccc2OC)nc(N)n1. The Morgan fingerprint density at radius 2 is 2.05 bits per heavy atom. The number of nitrogen functional groups attached to an aromatic ring is 1. The van der Waals surface area contributed by atoms with Gasteiger partial charge in [0, 0.05) is 6.07 Å². The zero-order chi connectivity index (χ0) is 14.5. The molecule has 0 fully saturated rings. The number of nitrogens with zero attached hydrogens (tertiary/aromatic N) is 3. The Morgan fingerprint density at radius 3 is 2.70 bits per heavy atom. The van der Waals surface area contributed by atoms with E-state index in [0.29, 0.717) is 28.7 Å². The van der Waals surface area contributed by atoms with Crippen LogP contribution in [0.5, 0.6) is 11.6 Å². The summed E-state index contributed by atoms with van der Waals surface area (Å²) in [5.41, 5.74) is 6.53. The molecule has 2 rings (SSSR count). The lowest BCUT2D eigenvalue weighted by molar-refractivity contribution is 0.398. The molecule has 0 aliphatic heterocycles. The van der Waals surface area contributed by atoms with E-state index in [1.54, 1.807) is 24.3 Å². The zero-order valence-electron chi connectivity index (χ0n) is 11.0. The first-order valence-electron chi connectivity index (χ1n) is 5.70. The number of benzene rings is 1. The van der Waals surface area contributed by atoms with E-state index in [0.717, 1.165) is 0 Å². The molecule has 0 atom stereocenters. The van der Waals surface area contributed by atoms with E-state index < -0.39 is 0 Å². The Kier molecular flexibility index (Phi) is 3.86. The van der Waals surface area contributed by atoms with Gasteiger partial charge in [0.1, 0.15) is 23.3 Å². The van der Waals surface area contributed by atoms with Gasteiger partial charge < -0.3 is 20.5 Å². The minimum Gasteiger partial charge on any atom is -0.495 e. The highest BCUT2D eigenvalue weighted by molar-refractivity contribution is 5.72. The summed E-state index contributed by atoms with van der Waals surface area (Å²) in [6.07, 6.45) is 0. The maximum Gasteiger partial charge on any atom is 0.225 e. The molecule has 0 unspecified atom stereocenters. The maximum absolute atomic E-state index is 9.14. The molecule has 0 aliphatic rings. The van der Waals surface area contributed by atoms with Crippen LogP contribution in [0, 0.1) is 11.3 Å². The van der Waals surface area contributed by atoms with Crippen molar-refractivity contribution in [3.8, 4) is 17.7 Å². The number of methoxy groups -OCH3 is 2. The second kappa shape index (κ2) is 5.75. The van der Waals surface area contributed by atoms with Gasteiger partial charge in [0.15, 0.2) is 0 Å². The molecule has 0 radical (unpaired) electrons. The van der Waals surface area contributed by atoms with Gasteiger partial charge in [-0.1, -0.05) is 6.07 Å². The molecule has 3 N–H and O–H groups in total. The van der Waals surface area contributed by atoms with Crippen LogP contribution in [0.25, 0.3) is 0 Å². The van der Waals surface area contributed by atoms with E-state index in [2.05, 4.69) is 21.4 Å². The van der Waals surface area contributed by atoms with Crippen LogP contribution in [-0.2, 0) is 0 Å². The molecular weight excluding hydrogens is 258 g/mol. The third-order valence-electron chi connectivity index (χ3n) is 2.55. The summed E-state index contributed by atoms with van der Waals surface area (Å²) in [5, 5.41) is 12.1. The van der Waals surface area contributed by atoms with Gasteiger partial charge in [-0.25, -0.2) is 0 Å². The number of hydrogen-bond donors (Lipinski definition) is 2. The van der Waals surface area contributed by atoms with Crippen LogP contribution < -0.4 is 20.5 Å².